The summed E-state index contributed by atoms with van der Waals surface area (Å²) in [4.78, 5) is 0. The van der Waals surface area contributed by atoms with Gasteiger partial charge >= 0.3 is 0 Å². The van der Waals surface area contributed by atoms with Crippen molar-refractivity contribution in [2.45, 2.75) is 45.1 Å². The van der Waals surface area contributed by atoms with Crippen molar-refractivity contribution in [2.24, 2.45) is 18.8 Å². The van der Waals surface area contributed by atoms with Crippen LogP contribution in [0.4, 0.5) is 0 Å². The molecule has 1 saturated carbocycles. The second kappa shape index (κ2) is 4.97. The number of rotatable bonds is 6. The number of hydrogen-bond donors (Lipinski definition) is 2. The molecule has 1 aromatic rings. The van der Waals surface area contributed by atoms with Crippen LogP contribution in [0.5, 0.6) is 0 Å². The quantitative estimate of drug-likeness (QED) is 0.568. The van der Waals surface area contributed by atoms with Crippen LogP contribution in [0.15, 0.2) is 6.07 Å². The van der Waals surface area contributed by atoms with E-state index in [1.165, 1.54) is 25.0 Å². The molecular formula is C12H22N4. The number of aryl methyl sites for hydroxylation is 2. The minimum Gasteiger partial charge on any atom is -0.271 e. The van der Waals surface area contributed by atoms with E-state index in [4.69, 9.17) is 5.84 Å². The van der Waals surface area contributed by atoms with Crippen LogP contribution in [0.3, 0.4) is 0 Å². The maximum absolute atomic E-state index is 5.64. The summed E-state index contributed by atoms with van der Waals surface area (Å²) < 4.78 is 1.95. The van der Waals surface area contributed by atoms with E-state index in [0.717, 1.165) is 24.5 Å². The monoisotopic (exact) mass is 222 g/mol. The molecule has 16 heavy (non-hydrogen) atoms. The second-order valence-corrected chi connectivity index (χ2v) is 4.78. The first-order chi connectivity index (χ1) is 7.74. The number of nitrogens with two attached hydrogens (primary N) is 1. The molecule has 1 aliphatic rings. The topological polar surface area (TPSA) is 55.9 Å². The lowest BCUT2D eigenvalue weighted by Crippen LogP contribution is -2.29. The van der Waals surface area contributed by atoms with Gasteiger partial charge in [-0.1, -0.05) is 19.8 Å². The highest BCUT2D eigenvalue weighted by Crippen LogP contribution is 2.35. The summed E-state index contributed by atoms with van der Waals surface area (Å²) in [5.41, 5.74) is 5.27. The number of nitrogens with zero attached hydrogens (tertiary/aromatic N) is 2. The smallest absolute Gasteiger partial charge is 0.0629 e. The van der Waals surface area contributed by atoms with Crippen molar-refractivity contribution in [3.63, 3.8) is 0 Å². The summed E-state index contributed by atoms with van der Waals surface area (Å²) in [6.07, 6.45) is 6.19. The molecule has 90 valence electrons. The molecular weight excluding hydrogens is 200 g/mol. The summed E-state index contributed by atoms with van der Waals surface area (Å²) in [6.45, 7) is 2.13. The number of nitrogens with one attached hydrogen (secondary N) is 1. The average molecular weight is 222 g/mol. The molecule has 0 bridgehead atoms. The Morgan fingerprint density at radius 3 is 2.88 bits per heavy atom. The first-order valence-electron chi connectivity index (χ1n) is 6.23. The fourth-order valence-corrected chi connectivity index (χ4v) is 2.17. The molecule has 1 fully saturated rings. The van der Waals surface area contributed by atoms with Crippen LogP contribution < -0.4 is 11.3 Å². The van der Waals surface area contributed by atoms with Gasteiger partial charge in [0, 0.05) is 7.05 Å². The van der Waals surface area contributed by atoms with E-state index in [1.807, 2.05) is 11.7 Å². The molecule has 0 radical (unpaired) electrons. The summed E-state index contributed by atoms with van der Waals surface area (Å²) in [5.74, 6) is 6.59. The van der Waals surface area contributed by atoms with E-state index in [0.29, 0.717) is 0 Å². The summed E-state index contributed by atoms with van der Waals surface area (Å²) in [7, 11) is 2.00. The molecule has 1 heterocycles. The van der Waals surface area contributed by atoms with Gasteiger partial charge in [-0.25, -0.2) is 0 Å². The molecule has 1 aliphatic carbocycles. The van der Waals surface area contributed by atoms with Crippen LogP contribution in [0.25, 0.3) is 0 Å². The Morgan fingerprint density at radius 1 is 1.62 bits per heavy atom. The van der Waals surface area contributed by atoms with E-state index < -0.39 is 0 Å². The molecule has 1 unspecified atom stereocenters. The van der Waals surface area contributed by atoms with Crippen molar-refractivity contribution >= 4 is 0 Å². The maximum atomic E-state index is 5.64. The van der Waals surface area contributed by atoms with E-state index >= 15 is 0 Å². The zero-order chi connectivity index (χ0) is 11.5. The van der Waals surface area contributed by atoms with Gasteiger partial charge in [0.2, 0.25) is 0 Å². The molecule has 0 saturated heterocycles. The lowest BCUT2D eigenvalue weighted by Gasteiger charge is -2.15. The first-order valence-corrected chi connectivity index (χ1v) is 6.23. The second-order valence-electron chi connectivity index (χ2n) is 4.78. The van der Waals surface area contributed by atoms with Gasteiger partial charge in [0.15, 0.2) is 0 Å². The zero-order valence-corrected chi connectivity index (χ0v) is 10.2. The predicted octanol–water partition coefficient (Wildman–Crippen LogP) is 1.68. The minimum atomic E-state index is 0.249. The Labute approximate surface area is 97.2 Å². The highest BCUT2D eigenvalue weighted by Gasteiger charge is 2.23. The molecule has 1 atom stereocenters. The largest absolute Gasteiger partial charge is 0.271 e. The van der Waals surface area contributed by atoms with Crippen LogP contribution in [-0.2, 0) is 13.5 Å². The molecule has 0 aliphatic heterocycles. The summed E-state index contributed by atoms with van der Waals surface area (Å²) >= 11 is 0. The standard InChI is InChI=1S/C12H22N4/c1-3-10-8-12(16(2)15-10)11(14-13)7-6-9-4-5-9/h8-9,11,14H,3-7,13H2,1-2H3. The number of aromatic nitrogens is 2. The third-order valence-corrected chi connectivity index (χ3v) is 3.45. The van der Waals surface area contributed by atoms with E-state index in [-0.39, 0.29) is 6.04 Å². The molecule has 1 aromatic heterocycles. The van der Waals surface area contributed by atoms with Gasteiger partial charge < -0.3 is 0 Å². The Balaban J connectivity index is 2.01. The Bertz CT molecular complexity index is 341. The lowest BCUT2D eigenvalue weighted by atomic mass is 10.1. The van der Waals surface area contributed by atoms with Gasteiger partial charge in [-0.3, -0.25) is 16.0 Å². The number of hydrogen-bond acceptors (Lipinski definition) is 3. The van der Waals surface area contributed by atoms with Crippen LogP contribution >= 0.6 is 0 Å². The van der Waals surface area contributed by atoms with Crippen molar-refractivity contribution in [3.8, 4) is 0 Å². The van der Waals surface area contributed by atoms with Gasteiger partial charge in [-0.2, -0.15) is 5.10 Å². The molecule has 4 heteroatoms. The Kier molecular flexibility index (Phi) is 3.61. The third-order valence-electron chi connectivity index (χ3n) is 3.45. The van der Waals surface area contributed by atoms with Crippen LogP contribution in [-0.4, -0.2) is 9.78 Å². The van der Waals surface area contributed by atoms with Crippen molar-refractivity contribution in [1.82, 2.24) is 15.2 Å². The van der Waals surface area contributed by atoms with Crippen molar-refractivity contribution in [1.29, 1.82) is 0 Å². The van der Waals surface area contributed by atoms with Crippen molar-refractivity contribution in [3.05, 3.63) is 17.5 Å². The van der Waals surface area contributed by atoms with E-state index in [1.54, 1.807) is 0 Å². The summed E-state index contributed by atoms with van der Waals surface area (Å²) in [6, 6.07) is 2.41. The molecule has 4 nitrogen and oxygen atoms in total. The highest BCUT2D eigenvalue weighted by atomic mass is 15.3. The zero-order valence-electron chi connectivity index (χ0n) is 10.2. The predicted molar refractivity (Wildman–Crippen MR) is 64.6 cm³/mol. The fraction of sp³-hybridized carbons (Fsp3) is 0.750. The SMILES string of the molecule is CCc1cc(C(CCC2CC2)NN)n(C)n1. The Morgan fingerprint density at radius 2 is 2.38 bits per heavy atom. The van der Waals surface area contributed by atoms with Gasteiger partial charge in [0.25, 0.3) is 0 Å². The fourth-order valence-electron chi connectivity index (χ4n) is 2.17. The summed E-state index contributed by atoms with van der Waals surface area (Å²) in [5, 5.41) is 4.46. The van der Waals surface area contributed by atoms with Crippen molar-refractivity contribution < 1.29 is 0 Å². The van der Waals surface area contributed by atoms with Gasteiger partial charge in [-0.15, -0.1) is 0 Å². The van der Waals surface area contributed by atoms with Gasteiger partial charge in [0.05, 0.1) is 17.4 Å². The lowest BCUT2D eigenvalue weighted by molar-refractivity contribution is 0.454. The van der Waals surface area contributed by atoms with Crippen LogP contribution in [0, 0.1) is 5.92 Å². The van der Waals surface area contributed by atoms with Crippen molar-refractivity contribution in [2.75, 3.05) is 0 Å². The average Bonchev–Trinajstić information content (AvgIpc) is 3.04. The minimum absolute atomic E-state index is 0.249. The molecule has 3 N–H and O–H groups in total. The number of hydrazine groups is 1. The Hall–Kier alpha value is -0.870. The van der Waals surface area contributed by atoms with Crippen LogP contribution in [0.2, 0.25) is 0 Å². The molecule has 0 spiro atoms. The third kappa shape index (κ3) is 2.62. The molecule has 2 rings (SSSR count). The van der Waals surface area contributed by atoms with Gasteiger partial charge in [-0.05, 0) is 31.2 Å². The van der Waals surface area contributed by atoms with E-state index in [2.05, 4.69) is 23.5 Å². The highest BCUT2D eigenvalue weighted by molar-refractivity contribution is 5.14. The normalized spacial score (nSPS) is 17.7. The molecule has 0 aromatic carbocycles. The molecule has 0 amide bonds. The van der Waals surface area contributed by atoms with Crippen LogP contribution in [0.1, 0.15) is 50.0 Å². The maximum Gasteiger partial charge on any atom is 0.0629 e. The van der Waals surface area contributed by atoms with Gasteiger partial charge in [0.1, 0.15) is 0 Å². The van der Waals surface area contributed by atoms with E-state index in [9.17, 15) is 0 Å². The first kappa shape index (κ1) is 11.6.